The number of halogens is 3. The third kappa shape index (κ3) is 4.34. The van der Waals surface area contributed by atoms with Crippen LogP contribution in [0.25, 0.3) is 0 Å². The minimum absolute atomic E-state index is 0.0144. The summed E-state index contributed by atoms with van der Waals surface area (Å²) in [5.41, 5.74) is 2.71. The predicted molar refractivity (Wildman–Crippen MR) is 118 cm³/mol. The topological polar surface area (TPSA) is 123 Å². The highest BCUT2D eigenvalue weighted by atomic mass is 32.2. The van der Waals surface area contributed by atoms with Crippen molar-refractivity contribution in [3.8, 4) is 18.2 Å². The van der Waals surface area contributed by atoms with E-state index in [0.29, 0.717) is 11.8 Å². The first-order valence-corrected chi connectivity index (χ1v) is 10.3. The van der Waals surface area contributed by atoms with Gasteiger partial charge in [-0.3, -0.25) is 4.79 Å². The van der Waals surface area contributed by atoms with Gasteiger partial charge in [-0.2, -0.15) is 0 Å². The molecule has 0 unspecified atom stereocenters. The van der Waals surface area contributed by atoms with E-state index >= 15 is 8.78 Å². The Balaban J connectivity index is 1.93. The number of nitrogens with zero attached hydrogens (tertiary/aromatic N) is 3. The van der Waals surface area contributed by atoms with Crippen LogP contribution in [0.1, 0.15) is 29.9 Å². The number of ether oxygens (including phenoxy) is 1. The van der Waals surface area contributed by atoms with Gasteiger partial charge in [0, 0.05) is 11.3 Å². The number of alkyl halides is 2. The summed E-state index contributed by atoms with van der Waals surface area (Å²) in [5.74, 6) is -3.03. The molecule has 0 fully saturated rings. The first kappa shape index (κ1) is 24.3. The Morgan fingerprint density at radius 1 is 1.33 bits per heavy atom. The first-order chi connectivity index (χ1) is 15.5. The Kier molecular flexibility index (Phi) is 6.58. The van der Waals surface area contributed by atoms with Gasteiger partial charge in [-0.05, 0) is 32.0 Å². The maximum atomic E-state index is 15.5. The largest absolute Gasteiger partial charge is 0.463 e. The number of carbonyl (C=O) groups excluding carboxylic acids is 1. The van der Waals surface area contributed by atoms with Crippen molar-refractivity contribution in [1.29, 1.82) is 0 Å². The van der Waals surface area contributed by atoms with Gasteiger partial charge in [-0.15, -0.1) is 6.42 Å². The van der Waals surface area contributed by atoms with Crippen molar-refractivity contribution in [3.05, 3.63) is 47.7 Å². The number of amidine groups is 1. The van der Waals surface area contributed by atoms with Crippen molar-refractivity contribution in [2.45, 2.75) is 30.1 Å². The third-order valence-corrected chi connectivity index (χ3v) is 6.29. The molecule has 1 aliphatic rings. The fourth-order valence-corrected chi connectivity index (χ4v) is 4.36. The molecule has 0 spiro atoms. The molecule has 0 bridgehead atoms. The van der Waals surface area contributed by atoms with E-state index in [1.165, 1.54) is 12.3 Å². The number of nitrogens with one attached hydrogen (secondary N) is 1. The SMILES string of the molecule is C#CCOc1cnc(C(=O)Nc2ccc(F)c([C@@]3(C)N=C(N)S[C@@](C)(CO)C3(F)F)c2)cn1. The average Bonchev–Trinajstić information content (AvgIpc) is 2.77. The second-order valence-corrected chi connectivity index (χ2v) is 8.99. The molecule has 2 heterocycles. The highest BCUT2D eigenvalue weighted by Gasteiger charge is 2.66. The maximum Gasteiger partial charge on any atom is 0.293 e. The molecule has 1 aliphatic heterocycles. The van der Waals surface area contributed by atoms with Crippen molar-refractivity contribution in [2.24, 2.45) is 10.7 Å². The van der Waals surface area contributed by atoms with Crippen LogP contribution in [-0.4, -0.2) is 50.0 Å². The molecule has 1 amide bonds. The molecule has 33 heavy (non-hydrogen) atoms. The second kappa shape index (κ2) is 8.92. The van der Waals surface area contributed by atoms with E-state index < -0.39 is 40.1 Å². The number of rotatable bonds is 6. The van der Waals surface area contributed by atoms with Crippen LogP contribution in [0.15, 0.2) is 35.6 Å². The van der Waals surface area contributed by atoms with Crippen molar-refractivity contribution in [1.82, 2.24) is 9.97 Å². The summed E-state index contributed by atoms with van der Waals surface area (Å²) in [4.78, 5) is 24.1. The van der Waals surface area contributed by atoms with Crippen LogP contribution in [0.2, 0.25) is 0 Å². The number of aliphatic hydroxyl groups is 1. The van der Waals surface area contributed by atoms with Crippen LogP contribution in [0.5, 0.6) is 5.88 Å². The maximum absolute atomic E-state index is 15.5. The second-order valence-electron chi connectivity index (χ2n) is 7.47. The van der Waals surface area contributed by atoms with E-state index in [1.54, 1.807) is 0 Å². The summed E-state index contributed by atoms with van der Waals surface area (Å²) in [6, 6.07) is 3.17. The quantitative estimate of drug-likeness (QED) is 0.544. The first-order valence-electron chi connectivity index (χ1n) is 9.50. The third-order valence-electron chi connectivity index (χ3n) is 5.15. The zero-order valence-electron chi connectivity index (χ0n) is 17.6. The van der Waals surface area contributed by atoms with Crippen LogP contribution >= 0.6 is 11.8 Å². The number of aliphatic imine (C=N–C) groups is 1. The van der Waals surface area contributed by atoms with Crippen LogP contribution in [-0.2, 0) is 5.54 Å². The Morgan fingerprint density at radius 2 is 2.06 bits per heavy atom. The summed E-state index contributed by atoms with van der Waals surface area (Å²) in [5, 5.41) is 11.9. The van der Waals surface area contributed by atoms with Gasteiger partial charge in [0.1, 0.15) is 16.3 Å². The molecule has 12 heteroatoms. The van der Waals surface area contributed by atoms with Crippen molar-refractivity contribution < 1.29 is 27.8 Å². The number of aromatic nitrogens is 2. The van der Waals surface area contributed by atoms with E-state index in [-0.39, 0.29) is 29.0 Å². The van der Waals surface area contributed by atoms with Gasteiger partial charge in [0.05, 0.1) is 19.0 Å². The Hall–Kier alpha value is -3.30. The van der Waals surface area contributed by atoms with Crippen molar-refractivity contribution in [3.63, 3.8) is 0 Å². The number of aliphatic hydroxyl groups excluding tert-OH is 1. The van der Waals surface area contributed by atoms with Gasteiger partial charge in [0.2, 0.25) is 5.88 Å². The highest BCUT2D eigenvalue weighted by Crippen LogP contribution is 2.56. The number of hydrogen-bond donors (Lipinski definition) is 3. The molecule has 0 saturated heterocycles. The zero-order valence-corrected chi connectivity index (χ0v) is 18.4. The molecule has 1 aromatic heterocycles. The number of nitrogens with two attached hydrogens (primary N) is 1. The predicted octanol–water partition coefficient (Wildman–Crippen LogP) is 2.54. The fraction of sp³-hybridized carbons (Fsp3) is 0.333. The minimum Gasteiger partial charge on any atom is -0.463 e. The fourth-order valence-electron chi connectivity index (χ4n) is 3.28. The molecule has 0 saturated carbocycles. The molecule has 8 nitrogen and oxygen atoms in total. The van der Waals surface area contributed by atoms with E-state index in [2.05, 4.69) is 26.2 Å². The lowest BCUT2D eigenvalue weighted by molar-refractivity contribution is -0.111. The average molecular weight is 479 g/mol. The van der Waals surface area contributed by atoms with E-state index in [9.17, 15) is 14.3 Å². The molecular formula is C21H20F3N5O3S. The van der Waals surface area contributed by atoms with Crippen LogP contribution < -0.4 is 15.8 Å². The summed E-state index contributed by atoms with van der Waals surface area (Å²) >= 11 is 0.516. The van der Waals surface area contributed by atoms with Gasteiger partial charge in [-0.1, -0.05) is 17.7 Å². The minimum atomic E-state index is -3.70. The summed E-state index contributed by atoms with van der Waals surface area (Å²) < 4.78 is 48.8. The zero-order chi connectivity index (χ0) is 24.4. The lowest BCUT2D eigenvalue weighted by Crippen LogP contribution is -2.61. The van der Waals surface area contributed by atoms with Crippen LogP contribution in [0.4, 0.5) is 18.9 Å². The van der Waals surface area contributed by atoms with Gasteiger partial charge in [-0.25, -0.2) is 28.1 Å². The van der Waals surface area contributed by atoms with E-state index in [4.69, 9.17) is 16.9 Å². The Labute approximate surface area is 191 Å². The van der Waals surface area contributed by atoms with Crippen LogP contribution in [0.3, 0.4) is 0 Å². The number of thioether (sulfide) groups is 1. The monoisotopic (exact) mass is 479 g/mol. The highest BCUT2D eigenvalue weighted by molar-refractivity contribution is 8.15. The molecule has 4 N–H and O–H groups in total. The number of terminal acetylenes is 1. The summed E-state index contributed by atoms with van der Waals surface area (Å²) in [6.07, 6.45) is 7.41. The molecular weight excluding hydrogens is 459 g/mol. The Bertz CT molecular complexity index is 1140. The number of hydrogen-bond acceptors (Lipinski definition) is 8. The van der Waals surface area contributed by atoms with Gasteiger partial charge in [0.25, 0.3) is 11.8 Å². The van der Waals surface area contributed by atoms with Crippen molar-refractivity contribution >= 4 is 28.5 Å². The lowest BCUT2D eigenvalue weighted by atomic mass is 9.79. The molecule has 3 rings (SSSR count). The molecule has 2 aromatic rings. The van der Waals surface area contributed by atoms with E-state index in [1.807, 2.05) is 0 Å². The standard InChI is InChI=1S/C21H20F3N5O3S/c1-4-7-32-16-10-26-15(9-27-16)17(31)28-12-5-6-14(22)13(8-12)20(3)21(23,24)19(2,11-30)33-18(25)29-20/h1,5-6,8-10,30H,7,11H2,2-3H3,(H2,25,29)(H,28,31)/t19-,20+/m0/s1. The number of carbonyl (C=O) groups is 1. The Morgan fingerprint density at radius 3 is 2.67 bits per heavy atom. The van der Waals surface area contributed by atoms with Gasteiger partial charge < -0.3 is 20.9 Å². The molecule has 2 atom stereocenters. The normalized spacial score (nSPS) is 23.8. The molecule has 0 radical (unpaired) electrons. The molecule has 0 aliphatic carbocycles. The summed E-state index contributed by atoms with van der Waals surface area (Å²) in [7, 11) is 0. The van der Waals surface area contributed by atoms with Crippen molar-refractivity contribution in [2.75, 3.05) is 18.5 Å². The smallest absolute Gasteiger partial charge is 0.293 e. The number of amides is 1. The van der Waals surface area contributed by atoms with Gasteiger partial charge in [0.15, 0.2) is 17.3 Å². The molecule has 174 valence electrons. The lowest BCUT2D eigenvalue weighted by Gasteiger charge is -2.47. The number of benzene rings is 1. The van der Waals surface area contributed by atoms with E-state index in [0.717, 1.165) is 32.2 Å². The van der Waals surface area contributed by atoms with Gasteiger partial charge >= 0.3 is 0 Å². The van der Waals surface area contributed by atoms with Crippen LogP contribution in [0, 0.1) is 18.2 Å². The summed E-state index contributed by atoms with van der Waals surface area (Å²) in [6.45, 7) is 1.20. The molecule has 1 aromatic carbocycles. The number of anilines is 1.